The highest BCUT2D eigenvalue weighted by molar-refractivity contribution is 5.94. The molecule has 1 amide bonds. The Kier molecular flexibility index (Phi) is 4.92. The number of rotatable bonds is 4. The van der Waals surface area contributed by atoms with Crippen molar-refractivity contribution in [1.82, 2.24) is 19.7 Å². The predicted molar refractivity (Wildman–Crippen MR) is 76.8 cm³/mol. The molecule has 0 radical (unpaired) electrons. The Morgan fingerprint density at radius 2 is 2.00 bits per heavy atom. The van der Waals surface area contributed by atoms with Crippen molar-refractivity contribution in [3.8, 4) is 5.75 Å². The normalized spacial score (nSPS) is 16.6. The van der Waals surface area contributed by atoms with E-state index in [1.54, 1.807) is 0 Å². The molecule has 0 bridgehead atoms. The van der Waals surface area contributed by atoms with Crippen molar-refractivity contribution >= 4 is 5.91 Å². The average Bonchev–Trinajstić information content (AvgIpc) is 2.45. The van der Waals surface area contributed by atoms with Crippen LogP contribution in [0.1, 0.15) is 10.4 Å². The van der Waals surface area contributed by atoms with E-state index in [9.17, 15) is 9.90 Å². The standard InChI is InChI=1S/C14H22N4O2/c1-16(2)3-4-17-5-7-18(8-6-17)14(20)12-9-13(19)11-15-10-12/h9-11,19H,3-8H2,1-2H3. The number of likely N-dealkylation sites (N-methyl/N-ethyl adjacent to an activating group) is 1. The molecule has 1 fully saturated rings. The monoisotopic (exact) mass is 278 g/mol. The van der Waals surface area contributed by atoms with Gasteiger partial charge in [0.2, 0.25) is 0 Å². The summed E-state index contributed by atoms with van der Waals surface area (Å²) >= 11 is 0. The molecule has 1 aromatic heterocycles. The highest BCUT2D eigenvalue weighted by Crippen LogP contribution is 2.12. The van der Waals surface area contributed by atoms with Gasteiger partial charge in [0.1, 0.15) is 5.75 Å². The molecule has 1 saturated heterocycles. The average molecular weight is 278 g/mol. The number of carbonyl (C=O) groups is 1. The minimum Gasteiger partial charge on any atom is -0.506 e. The van der Waals surface area contributed by atoms with Crippen LogP contribution in [-0.4, -0.2) is 84.1 Å². The van der Waals surface area contributed by atoms with Gasteiger partial charge in [0.15, 0.2) is 0 Å². The number of hydrogen-bond donors (Lipinski definition) is 1. The van der Waals surface area contributed by atoms with Crippen LogP contribution in [0.25, 0.3) is 0 Å². The maximum Gasteiger partial charge on any atom is 0.255 e. The summed E-state index contributed by atoms with van der Waals surface area (Å²) in [5.41, 5.74) is 0.451. The van der Waals surface area contributed by atoms with Crippen LogP contribution in [-0.2, 0) is 0 Å². The van der Waals surface area contributed by atoms with E-state index in [0.717, 1.165) is 39.3 Å². The number of nitrogens with zero attached hydrogens (tertiary/aromatic N) is 4. The van der Waals surface area contributed by atoms with Gasteiger partial charge in [0, 0.05) is 45.5 Å². The van der Waals surface area contributed by atoms with Gasteiger partial charge in [-0.15, -0.1) is 0 Å². The number of hydrogen-bond acceptors (Lipinski definition) is 5. The Bertz CT molecular complexity index is 456. The third-order valence-electron chi connectivity index (χ3n) is 3.49. The third kappa shape index (κ3) is 3.91. The topological polar surface area (TPSA) is 59.9 Å². The molecule has 1 aliphatic heterocycles. The Labute approximate surface area is 119 Å². The fourth-order valence-corrected chi connectivity index (χ4v) is 2.24. The zero-order valence-electron chi connectivity index (χ0n) is 12.1. The van der Waals surface area contributed by atoms with Crippen LogP contribution < -0.4 is 0 Å². The first-order valence-corrected chi connectivity index (χ1v) is 6.86. The molecule has 6 heteroatoms. The maximum absolute atomic E-state index is 12.3. The van der Waals surface area contributed by atoms with Gasteiger partial charge in [-0.1, -0.05) is 0 Å². The van der Waals surface area contributed by atoms with Gasteiger partial charge in [0.25, 0.3) is 5.91 Å². The minimum atomic E-state index is -0.0549. The summed E-state index contributed by atoms with van der Waals surface area (Å²) in [5.74, 6) is -0.0267. The molecule has 6 nitrogen and oxygen atoms in total. The third-order valence-corrected chi connectivity index (χ3v) is 3.49. The van der Waals surface area contributed by atoms with Crippen molar-refractivity contribution < 1.29 is 9.90 Å². The van der Waals surface area contributed by atoms with Gasteiger partial charge < -0.3 is 14.9 Å². The molecule has 0 aromatic carbocycles. The number of carbonyl (C=O) groups excluding carboxylic acids is 1. The smallest absolute Gasteiger partial charge is 0.255 e. The molecular weight excluding hydrogens is 256 g/mol. The van der Waals surface area contributed by atoms with Crippen molar-refractivity contribution in [3.05, 3.63) is 24.0 Å². The van der Waals surface area contributed by atoms with Gasteiger partial charge in [-0.2, -0.15) is 0 Å². The molecule has 2 heterocycles. The molecule has 0 aliphatic carbocycles. The minimum absolute atomic E-state index is 0.0282. The summed E-state index contributed by atoms with van der Waals surface area (Å²) in [5, 5.41) is 9.38. The van der Waals surface area contributed by atoms with Crippen LogP contribution in [0.5, 0.6) is 5.75 Å². The summed E-state index contributed by atoms with van der Waals surface area (Å²) in [7, 11) is 4.13. The zero-order chi connectivity index (χ0) is 14.5. The van der Waals surface area contributed by atoms with Crippen LogP contribution >= 0.6 is 0 Å². The summed E-state index contributed by atoms with van der Waals surface area (Å²) in [6.07, 6.45) is 2.83. The molecule has 0 saturated carbocycles. The molecule has 0 spiro atoms. The Hall–Kier alpha value is -1.66. The molecule has 0 unspecified atom stereocenters. The largest absolute Gasteiger partial charge is 0.506 e. The van der Waals surface area contributed by atoms with Crippen molar-refractivity contribution in [2.24, 2.45) is 0 Å². The van der Waals surface area contributed by atoms with Crippen LogP contribution in [0.2, 0.25) is 0 Å². The number of piperazine rings is 1. The van der Waals surface area contributed by atoms with Crippen LogP contribution in [0.15, 0.2) is 18.5 Å². The summed E-state index contributed by atoms with van der Waals surface area (Å²) in [4.78, 5) is 22.5. The zero-order valence-corrected chi connectivity index (χ0v) is 12.1. The van der Waals surface area contributed by atoms with Crippen LogP contribution in [0.3, 0.4) is 0 Å². The van der Waals surface area contributed by atoms with E-state index in [1.807, 2.05) is 4.90 Å². The van der Waals surface area contributed by atoms with Crippen LogP contribution in [0.4, 0.5) is 0 Å². The van der Waals surface area contributed by atoms with Gasteiger partial charge >= 0.3 is 0 Å². The lowest BCUT2D eigenvalue weighted by Crippen LogP contribution is -2.50. The fraction of sp³-hybridized carbons (Fsp3) is 0.571. The number of pyridine rings is 1. The van der Waals surface area contributed by atoms with E-state index in [4.69, 9.17) is 0 Å². The second kappa shape index (κ2) is 6.67. The fourth-order valence-electron chi connectivity index (χ4n) is 2.24. The molecule has 20 heavy (non-hydrogen) atoms. The van der Waals surface area contributed by atoms with Crippen molar-refractivity contribution in [2.45, 2.75) is 0 Å². The maximum atomic E-state index is 12.3. The van der Waals surface area contributed by atoms with Crippen LogP contribution in [0, 0.1) is 0 Å². The first-order chi connectivity index (χ1) is 9.56. The van der Waals surface area contributed by atoms with E-state index < -0.39 is 0 Å². The van der Waals surface area contributed by atoms with E-state index in [0.29, 0.717) is 5.56 Å². The molecule has 1 aromatic rings. The Morgan fingerprint density at radius 3 is 2.60 bits per heavy atom. The van der Waals surface area contributed by atoms with Gasteiger partial charge in [-0.25, -0.2) is 0 Å². The SMILES string of the molecule is CN(C)CCN1CCN(C(=O)c2cncc(O)c2)CC1. The Balaban J connectivity index is 1.86. The van der Waals surface area contributed by atoms with E-state index in [2.05, 4.69) is 28.9 Å². The Morgan fingerprint density at radius 1 is 1.30 bits per heavy atom. The second-order valence-corrected chi connectivity index (χ2v) is 5.37. The van der Waals surface area contributed by atoms with E-state index >= 15 is 0 Å². The summed E-state index contributed by atoms with van der Waals surface area (Å²) in [6, 6.07) is 1.47. The van der Waals surface area contributed by atoms with Gasteiger partial charge in [-0.05, 0) is 20.2 Å². The second-order valence-electron chi connectivity index (χ2n) is 5.37. The lowest BCUT2D eigenvalue weighted by molar-refractivity contribution is 0.0629. The van der Waals surface area contributed by atoms with Crippen molar-refractivity contribution in [1.29, 1.82) is 0 Å². The van der Waals surface area contributed by atoms with Crippen molar-refractivity contribution in [2.75, 3.05) is 53.4 Å². The summed E-state index contributed by atoms with van der Waals surface area (Å²) in [6.45, 7) is 5.30. The lowest BCUT2D eigenvalue weighted by atomic mass is 10.2. The molecule has 2 rings (SSSR count). The van der Waals surface area contributed by atoms with Gasteiger partial charge in [0.05, 0.1) is 11.8 Å². The van der Waals surface area contributed by atoms with Crippen molar-refractivity contribution in [3.63, 3.8) is 0 Å². The molecule has 1 N–H and O–H groups in total. The quantitative estimate of drug-likeness (QED) is 0.847. The predicted octanol–water partition coefficient (Wildman–Crippen LogP) is 0.107. The molecule has 1 aliphatic rings. The first-order valence-electron chi connectivity index (χ1n) is 6.86. The summed E-state index contributed by atoms with van der Waals surface area (Å²) < 4.78 is 0. The van der Waals surface area contributed by atoms with Gasteiger partial charge in [-0.3, -0.25) is 14.7 Å². The first kappa shape index (κ1) is 14.7. The van der Waals surface area contributed by atoms with E-state index in [1.165, 1.54) is 18.5 Å². The highest BCUT2D eigenvalue weighted by atomic mass is 16.3. The molecule has 110 valence electrons. The highest BCUT2D eigenvalue weighted by Gasteiger charge is 2.22. The number of aromatic nitrogens is 1. The molecular formula is C14H22N4O2. The number of amides is 1. The number of aromatic hydroxyl groups is 1. The van der Waals surface area contributed by atoms with E-state index in [-0.39, 0.29) is 11.7 Å². The molecule has 0 atom stereocenters. The lowest BCUT2D eigenvalue weighted by Gasteiger charge is -2.35.